The van der Waals surface area contributed by atoms with Crippen molar-refractivity contribution in [3.8, 4) is 0 Å². The molecule has 0 saturated heterocycles. The summed E-state index contributed by atoms with van der Waals surface area (Å²) in [6, 6.07) is 10.9. The maximum Gasteiger partial charge on any atom is 0.0329 e. The summed E-state index contributed by atoms with van der Waals surface area (Å²) in [5, 5.41) is 0. The highest BCUT2D eigenvalue weighted by Gasteiger charge is 2.53. The van der Waals surface area contributed by atoms with Gasteiger partial charge in [-0.1, -0.05) is 43.2 Å². The van der Waals surface area contributed by atoms with Crippen LogP contribution in [0.5, 0.6) is 0 Å². The Morgan fingerprint density at radius 1 is 1.00 bits per heavy atom. The summed E-state index contributed by atoms with van der Waals surface area (Å²) in [5.41, 5.74) is 7.69. The summed E-state index contributed by atoms with van der Waals surface area (Å²) in [5.74, 6) is 2.69. The first-order chi connectivity index (χ1) is 7.38. The fourth-order valence-corrected chi connectivity index (χ4v) is 3.48. The maximum absolute atomic E-state index is 6.36. The van der Waals surface area contributed by atoms with Crippen LogP contribution in [0, 0.1) is 17.8 Å². The first kappa shape index (κ1) is 9.41. The number of hydrogen-bond acceptors (Lipinski definition) is 1. The Hall–Kier alpha value is -0.820. The summed E-state index contributed by atoms with van der Waals surface area (Å²) in [6.45, 7) is 0. The van der Waals surface area contributed by atoms with E-state index in [0.717, 1.165) is 17.8 Å². The molecule has 0 radical (unpaired) electrons. The van der Waals surface area contributed by atoms with Crippen LogP contribution in [0.25, 0.3) is 0 Å². The lowest BCUT2D eigenvalue weighted by Gasteiger charge is -2.11. The predicted octanol–water partition coefficient (Wildman–Crippen LogP) is 3.12. The van der Waals surface area contributed by atoms with E-state index in [1.165, 1.54) is 31.2 Å². The zero-order valence-electron chi connectivity index (χ0n) is 9.10. The molecule has 3 unspecified atom stereocenters. The molecule has 0 amide bonds. The molecule has 0 bridgehead atoms. The lowest BCUT2D eigenvalue weighted by Crippen LogP contribution is -2.14. The molecule has 2 aliphatic rings. The van der Waals surface area contributed by atoms with Crippen LogP contribution in [0.3, 0.4) is 0 Å². The van der Waals surface area contributed by atoms with Crippen LogP contribution in [0.2, 0.25) is 0 Å². The zero-order chi connectivity index (χ0) is 10.3. The summed E-state index contributed by atoms with van der Waals surface area (Å²) in [4.78, 5) is 0. The number of benzene rings is 1. The highest BCUT2D eigenvalue weighted by atomic mass is 14.7. The molecule has 0 aliphatic heterocycles. The summed E-state index contributed by atoms with van der Waals surface area (Å²) >= 11 is 0. The van der Waals surface area contributed by atoms with Crippen LogP contribution in [0.15, 0.2) is 30.3 Å². The molecular formula is C14H19N. The molecule has 3 atom stereocenters. The molecule has 2 saturated carbocycles. The topological polar surface area (TPSA) is 26.0 Å². The Bertz CT molecular complexity index is 320. The molecule has 1 nitrogen and oxygen atoms in total. The van der Waals surface area contributed by atoms with E-state index in [0.29, 0.717) is 6.04 Å². The van der Waals surface area contributed by atoms with Crippen molar-refractivity contribution >= 4 is 0 Å². The van der Waals surface area contributed by atoms with Crippen molar-refractivity contribution in [2.45, 2.75) is 31.7 Å². The maximum atomic E-state index is 6.36. The van der Waals surface area contributed by atoms with Crippen LogP contribution in [0.4, 0.5) is 0 Å². The largest absolute Gasteiger partial charge is 0.324 e. The van der Waals surface area contributed by atoms with E-state index < -0.39 is 0 Å². The third-order valence-electron chi connectivity index (χ3n) is 4.32. The van der Waals surface area contributed by atoms with Crippen LogP contribution in [-0.2, 0) is 0 Å². The van der Waals surface area contributed by atoms with Crippen molar-refractivity contribution in [2.75, 3.05) is 0 Å². The molecule has 80 valence electrons. The second-order valence-corrected chi connectivity index (χ2v) is 5.13. The Balaban J connectivity index is 1.74. The molecule has 0 heterocycles. The van der Waals surface area contributed by atoms with Crippen molar-refractivity contribution in [3.05, 3.63) is 35.9 Å². The fourth-order valence-electron chi connectivity index (χ4n) is 3.48. The molecule has 2 N–H and O–H groups in total. The van der Waals surface area contributed by atoms with Gasteiger partial charge in [0.2, 0.25) is 0 Å². The molecule has 1 heteroatoms. The molecule has 0 aromatic heterocycles. The first-order valence-corrected chi connectivity index (χ1v) is 6.18. The number of rotatable bonds is 2. The van der Waals surface area contributed by atoms with Crippen LogP contribution < -0.4 is 5.73 Å². The summed E-state index contributed by atoms with van der Waals surface area (Å²) < 4.78 is 0. The SMILES string of the molecule is NC(c1ccccc1)C1C2CCCCC21. The van der Waals surface area contributed by atoms with Gasteiger partial charge in [-0.15, -0.1) is 0 Å². The van der Waals surface area contributed by atoms with E-state index in [1.54, 1.807) is 0 Å². The van der Waals surface area contributed by atoms with Gasteiger partial charge in [-0.25, -0.2) is 0 Å². The lowest BCUT2D eigenvalue weighted by molar-refractivity contribution is 0.480. The number of fused-ring (bicyclic) bond motifs is 1. The lowest BCUT2D eigenvalue weighted by atomic mass is 10.0. The van der Waals surface area contributed by atoms with Crippen molar-refractivity contribution < 1.29 is 0 Å². The van der Waals surface area contributed by atoms with Gasteiger partial charge in [-0.3, -0.25) is 0 Å². The van der Waals surface area contributed by atoms with E-state index in [1.807, 2.05) is 0 Å². The van der Waals surface area contributed by atoms with Crippen LogP contribution >= 0.6 is 0 Å². The van der Waals surface area contributed by atoms with Gasteiger partial charge in [0.1, 0.15) is 0 Å². The number of hydrogen-bond donors (Lipinski definition) is 1. The van der Waals surface area contributed by atoms with Crippen molar-refractivity contribution in [3.63, 3.8) is 0 Å². The van der Waals surface area contributed by atoms with Crippen molar-refractivity contribution in [2.24, 2.45) is 23.5 Å². The predicted molar refractivity (Wildman–Crippen MR) is 62.3 cm³/mol. The van der Waals surface area contributed by atoms with E-state index in [2.05, 4.69) is 30.3 Å². The third-order valence-corrected chi connectivity index (χ3v) is 4.32. The van der Waals surface area contributed by atoms with Gasteiger partial charge < -0.3 is 5.73 Å². The monoisotopic (exact) mass is 201 g/mol. The average molecular weight is 201 g/mol. The fraction of sp³-hybridized carbons (Fsp3) is 0.571. The Morgan fingerprint density at radius 2 is 1.60 bits per heavy atom. The van der Waals surface area contributed by atoms with Crippen LogP contribution in [-0.4, -0.2) is 0 Å². The Morgan fingerprint density at radius 3 is 2.20 bits per heavy atom. The second-order valence-electron chi connectivity index (χ2n) is 5.13. The minimum Gasteiger partial charge on any atom is -0.324 e. The van der Waals surface area contributed by atoms with E-state index >= 15 is 0 Å². The van der Waals surface area contributed by atoms with Gasteiger partial charge in [0.25, 0.3) is 0 Å². The zero-order valence-corrected chi connectivity index (χ0v) is 9.10. The molecule has 15 heavy (non-hydrogen) atoms. The summed E-state index contributed by atoms with van der Waals surface area (Å²) in [7, 11) is 0. The highest BCUT2D eigenvalue weighted by molar-refractivity contribution is 5.22. The molecule has 1 aromatic carbocycles. The van der Waals surface area contributed by atoms with Crippen LogP contribution in [0.1, 0.15) is 37.3 Å². The minimum absolute atomic E-state index is 0.291. The molecule has 3 rings (SSSR count). The standard InChI is InChI=1S/C14H19N/c15-14(10-6-2-1-3-7-10)13-11-8-4-5-9-12(11)13/h1-3,6-7,11-14H,4-5,8-9,15H2. The first-order valence-electron chi connectivity index (χ1n) is 6.18. The molecule has 2 fully saturated rings. The second kappa shape index (κ2) is 3.64. The van der Waals surface area contributed by atoms with E-state index in [9.17, 15) is 0 Å². The normalized spacial score (nSPS) is 35.7. The quantitative estimate of drug-likeness (QED) is 0.781. The minimum atomic E-state index is 0.291. The van der Waals surface area contributed by atoms with Gasteiger partial charge in [-0.05, 0) is 36.2 Å². The Kier molecular flexibility index (Phi) is 2.28. The van der Waals surface area contributed by atoms with E-state index in [4.69, 9.17) is 5.73 Å². The van der Waals surface area contributed by atoms with E-state index in [-0.39, 0.29) is 0 Å². The van der Waals surface area contributed by atoms with Gasteiger partial charge in [0.15, 0.2) is 0 Å². The molecule has 2 aliphatic carbocycles. The molecule has 1 aromatic rings. The summed E-state index contributed by atoms with van der Waals surface area (Å²) in [6.07, 6.45) is 5.71. The molecule has 0 spiro atoms. The van der Waals surface area contributed by atoms with Crippen molar-refractivity contribution in [1.29, 1.82) is 0 Å². The Labute approximate surface area is 91.7 Å². The van der Waals surface area contributed by atoms with Crippen molar-refractivity contribution in [1.82, 2.24) is 0 Å². The van der Waals surface area contributed by atoms with Gasteiger partial charge in [0.05, 0.1) is 0 Å². The third kappa shape index (κ3) is 1.59. The highest BCUT2D eigenvalue weighted by Crippen LogP contribution is 2.59. The average Bonchev–Trinajstić information content (AvgIpc) is 3.03. The van der Waals surface area contributed by atoms with Gasteiger partial charge >= 0.3 is 0 Å². The molecular weight excluding hydrogens is 182 g/mol. The number of nitrogens with two attached hydrogens (primary N) is 1. The van der Waals surface area contributed by atoms with Gasteiger partial charge in [-0.2, -0.15) is 0 Å². The smallest absolute Gasteiger partial charge is 0.0329 e. The van der Waals surface area contributed by atoms with Gasteiger partial charge in [0, 0.05) is 6.04 Å².